The second-order valence-corrected chi connectivity index (χ2v) is 5.01. The van der Waals surface area contributed by atoms with E-state index in [-0.39, 0.29) is 5.91 Å². The molecular weight excluding hydrogens is 264 g/mol. The highest BCUT2D eigenvalue weighted by atomic mass is 32.2. The third kappa shape index (κ3) is 5.85. The summed E-state index contributed by atoms with van der Waals surface area (Å²) in [5.41, 5.74) is 6.89. The molecule has 5 nitrogen and oxygen atoms in total. The molecule has 0 unspecified atom stereocenters. The zero-order valence-corrected chi connectivity index (χ0v) is 12.1. The Labute approximate surface area is 117 Å². The summed E-state index contributed by atoms with van der Waals surface area (Å²) in [4.78, 5) is 11.7. The molecule has 0 spiro atoms. The molecule has 0 saturated heterocycles. The summed E-state index contributed by atoms with van der Waals surface area (Å²) in [6.07, 6.45) is 0.944. The summed E-state index contributed by atoms with van der Waals surface area (Å²) < 4.78 is 10.1. The fourth-order valence-electron chi connectivity index (χ4n) is 1.47. The summed E-state index contributed by atoms with van der Waals surface area (Å²) >= 11 is 1.58. The van der Waals surface area contributed by atoms with Crippen molar-refractivity contribution >= 4 is 29.0 Å². The predicted molar refractivity (Wildman–Crippen MR) is 79.9 cm³/mol. The Morgan fingerprint density at radius 3 is 2.89 bits per heavy atom. The van der Waals surface area contributed by atoms with Crippen molar-refractivity contribution in [2.24, 2.45) is 0 Å². The van der Waals surface area contributed by atoms with Crippen LogP contribution in [0.3, 0.4) is 0 Å². The highest BCUT2D eigenvalue weighted by molar-refractivity contribution is 7.99. The molecule has 0 aliphatic carbocycles. The highest BCUT2D eigenvalue weighted by Gasteiger charge is 2.07. The molecule has 3 N–H and O–H groups in total. The first-order valence-corrected chi connectivity index (χ1v) is 7.13. The first kappa shape index (κ1) is 15.7. The molecule has 0 aromatic heterocycles. The van der Waals surface area contributed by atoms with Crippen LogP contribution in [-0.2, 0) is 9.53 Å². The molecule has 1 rings (SSSR count). The average molecular weight is 284 g/mol. The molecule has 0 bridgehead atoms. The number of anilines is 2. The lowest BCUT2D eigenvalue weighted by Gasteiger charge is -2.10. The molecule has 0 atom stereocenters. The predicted octanol–water partition coefficient (Wildman–Crippen LogP) is 1.99. The topological polar surface area (TPSA) is 73.6 Å². The Morgan fingerprint density at radius 1 is 1.42 bits per heavy atom. The normalized spacial score (nSPS) is 10.2. The van der Waals surface area contributed by atoms with Crippen LogP contribution in [-0.4, -0.2) is 38.2 Å². The van der Waals surface area contributed by atoms with Crippen molar-refractivity contribution in [3.8, 4) is 5.75 Å². The molecule has 0 aliphatic heterocycles. The number of carbonyl (C=O) groups is 1. The van der Waals surface area contributed by atoms with Crippen LogP contribution in [0.15, 0.2) is 18.2 Å². The minimum atomic E-state index is -0.0505. The van der Waals surface area contributed by atoms with Gasteiger partial charge in [-0.15, -0.1) is 0 Å². The number of amides is 1. The number of benzene rings is 1. The van der Waals surface area contributed by atoms with E-state index < -0.39 is 0 Å². The van der Waals surface area contributed by atoms with E-state index in [4.69, 9.17) is 15.2 Å². The Morgan fingerprint density at radius 2 is 2.21 bits per heavy atom. The lowest BCUT2D eigenvalue weighted by molar-refractivity contribution is -0.113. The van der Waals surface area contributed by atoms with Crippen molar-refractivity contribution in [1.29, 1.82) is 0 Å². The van der Waals surface area contributed by atoms with Gasteiger partial charge in [-0.25, -0.2) is 0 Å². The Kier molecular flexibility index (Phi) is 7.14. The van der Waals surface area contributed by atoms with Crippen molar-refractivity contribution in [3.05, 3.63) is 18.2 Å². The molecule has 0 heterocycles. The van der Waals surface area contributed by atoms with Gasteiger partial charge in [-0.3, -0.25) is 4.79 Å². The largest absolute Gasteiger partial charge is 0.494 e. The van der Waals surface area contributed by atoms with Gasteiger partial charge in [0.1, 0.15) is 5.75 Å². The number of nitrogens with two attached hydrogens (primary N) is 1. The second kappa shape index (κ2) is 8.66. The number of hydrogen-bond acceptors (Lipinski definition) is 5. The van der Waals surface area contributed by atoms with Gasteiger partial charge in [0.2, 0.25) is 5.91 Å². The van der Waals surface area contributed by atoms with Crippen molar-refractivity contribution < 1.29 is 14.3 Å². The van der Waals surface area contributed by atoms with E-state index in [0.717, 1.165) is 18.8 Å². The van der Waals surface area contributed by atoms with E-state index in [2.05, 4.69) is 5.32 Å². The maximum absolute atomic E-state index is 11.7. The van der Waals surface area contributed by atoms with Crippen molar-refractivity contribution in [3.63, 3.8) is 0 Å². The van der Waals surface area contributed by atoms with Gasteiger partial charge in [0.05, 0.1) is 18.6 Å². The van der Waals surface area contributed by atoms with E-state index in [0.29, 0.717) is 22.9 Å². The summed E-state index contributed by atoms with van der Waals surface area (Å²) in [5, 5.41) is 2.81. The minimum Gasteiger partial charge on any atom is -0.494 e. The number of nitrogen functional groups attached to an aromatic ring is 1. The first-order chi connectivity index (χ1) is 9.17. The number of nitrogens with one attached hydrogen (secondary N) is 1. The van der Waals surface area contributed by atoms with Crippen LogP contribution < -0.4 is 15.8 Å². The zero-order valence-electron chi connectivity index (χ0n) is 11.3. The van der Waals surface area contributed by atoms with Crippen LogP contribution in [0.5, 0.6) is 5.75 Å². The van der Waals surface area contributed by atoms with Gasteiger partial charge in [-0.05, 0) is 24.3 Å². The van der Waals surface area contributed by atoms with Gasteiger partial charge < -0.3 is 20.5 Å². The molecule has 1 amide bonds. The summed E-state index contributed by atoms with van der Waals surface area (Å²) in [5.74, 6) is 1.83. The standard InChI is InChI=1S/C13H20N2O3S/c1-17-6-3-7-19-9-13(16)15-11-5-4-10(14)8-12(11)18-2/h4-5,8H,3,6-7,9,14H2,1-2H3,(H,15,16). The van der Waals surface area contributed by atoms with Crippen LogP contribution in [0.1, 0.15) is 6.42 Å². The van der Waals surface area contributed by atoms with Gasteiger partial charge in [-0.1, -0.05) is 0 Å². The maximum Gasteiger partial charge on any atom is 0.234 e. The molecular formula is C13H20N2O3S. The third-order valence-corrected chi connectivity index (χ3v) is 3.41. The quantitative estimate of drug-likeness (QED) is 0.564. The lowest BCUT2D eigenvalue weighted by Crippen LogP contribution is -2.15. The molecule has 106 valence electrons. The van der Waals surface area contributed by atoms with Crippen molar-refractivity contribution in [1.82, 2.24) is 0 Å². The Balaban J connectivity index is 2.39. The summed E-state index contributed by atoms with van der Waals surface area (Å²) in [6.45, 7) is 0.723. The van der Waals surface area contributed by atoms with Gasteiger partial charge >= 0.3 is 0 Å². The number of rotatable bonds is 8. The fourth-order valence-corrected chi connectivity index (χ4v) is 2.19. The smallest absolute Gasteiger partial charge is 0.234 e. The fraction of sp³-hybridized carbons (Fsp3) is 0.462. The maximum atomic E-state index is 11.7. The Hall–Kier alpha value is -1.40. The van der Waals surface area contributed by atoms with Gasteiger partial charge in [-0.2, -0.15) is 11.8 Å². The molecule has 0 fully saturated rings. The zero-order chi connectivity index (χ0) is 14.1. The molecule has 0 radical (unpaired) electrons. The monoisotopic (exact) mass is 284 g/mol. The SMILES string of the molecule is COCCCSCC(=O)Nc1ccc(N)cc1OC. The minimum absolute atomic E-state index is 0.0505. The highest BCUT2D eigenvalue weighted by Crippen LogP contribution is 2.26. The van der Waals surface area contributed by atoms with Crippen LogP contribution in [0.4, 0.5) is 11.4 Å². The molecule has 0 aliphatic rings. The molecule has 1 aromatic carbocycles. The third-order valence-electron chi connectivity index (χ3n) is 2.37. The van der Waals surface area contributed by atoms with Crippen LogP contribution in [0, 0.1) is 0 Å². The van der Waals surface area contributed by atoms with Gasteiger partial charge in [0.25, 0.3) is 0 Å². The first-order valence-electron chi connectivity index (χ1n) is 5.97. The van der Waals surface area contributed by atoms with Crippen molar-refractivity contribution in [2.75, 3.05) is 43.4 Å². The van der Waals surface area contributed by atoms with E-state index in [1.54, 1.807) is 44.2 Å². The molecule has 0 saturated carbocycles. The lowest BCUT2D eigenvalue weighted by atomic mass is 10.2. The summed E-state index contributed by atoms with van der Waals surface area (Å²) in [6, 6.07) is 5.15. The van der Waals surface area contributed by atoms with E-state index in [1.165, 1.54) is 0 Å². The van der Waals surface area contributed by atoms with Crippen LogP contribution in [0.2, 0.25) is 0 Å². The molecule has 6 heteroatoms. The number of methoxy groups -OCH3 is 2. The number of hydrogen-bond donors (Lipinski definition) is 2. The van der Waals surface area contributed by atoms with Gasteiger partial charge in [0, 0.05) is 25.5 Å². The number of carbonyl (C=O) groups excluding carboxylic acids is 1. The van der Waals surface area contributed by atoms with Crippen molar-refractivity contribution in [2.45, 2.75) is 6.42 Å². The van der Waals surface area contributed by atoms with Crippen LogP contribution >= 0.6 is 11.8 Å². The van der Waals surface area contributed by atoms with E-state index >= 15 is 0 Å². The number of thioether (sulfide) groups is 1. The van der Waals surface area contributed by atoms with E-state index in [1.807, 2.05) is 0 Å². The summed E-state index contributed by atoms with van der Waals surface area (Å²) in [7, 11) is 3.22. The Bertz CT molecular complexity index is 413. The van der Waals surface area contributed by atoms with Crippen LogP contribution in [0.25, 0.3) is 0 Å². The number of ether oxygens (including phenoxy) is 2. The average Bonchev–Trinajstić information content (AvgIpc) is 2.40. The molecule has 1 aromatic rings. The van der Waals surface area contributed by atoms with Gasteiger partial charge in [0.15, 0.2) is 0 Å². The van der Waals surface area contributed by atoms with E-state index in [9.17, 15) is 4.79 Å². The second-order valence-electron chi connectivity index (χ2n) is 3.91. The molecule has 19 heavy (non-hydrogen) atoms.